The van der Waals surface area contributed by atoms with Crippen LogP contribution in [0.3, 0.4) is 0 Å². The first-order valence-electron chi connectivity index (χ1n) is 27.4. The highest BCUT2D eigenvalue weighted by Crippen LogP contribution is 2.33. The van der Waals surface area contributed by atoms with Crippen molar-refractivity contribution < 1.29 is 38.6 Å². The maximum atomic E-state index is 13.3. The number of carboxylic acids is 1. The van der Waals surface area contributed by atoms with Gasteiger partial charge in [0, 0.05) is 23.2 Å². The molecule has 1 unspecified atom stereocenters. The van der Waals surface area contributed by atoms with E-state index in [4.69, 9.17) is 9.47 Å². The molecule has 0 spiro atoms. The van der Waals surface area contributed by atoms with Crippen LogP contribution in [0.15, 0.2) is 0 Å². The average Bonchev–Trinajstić information content (AvgIpc) is 3.86. The summed E-state index contributed by atoms with van der Waals surface area (Å²) < 4.78 is 11.2. The van der Waals surface area contributed by atoms with Gasteiger partial charge in [0.2, 0.25) is 5.91 Å². The van der Waals surface area contributed by atoms with E-state index >= 15 is 0 Å². The number of fused-ring (bicyclic) bond motifs is 1. The van der Waals surface area contributed by atoms with Gasteiger partial charge in [0.1, 0.15) is 11.3 Å². The number of urea groups is 1. The van der Waals surface area contributed by atoms with Crippen LogP contribution in [0.4, 0.5) is 4.79 Å². The second-order valence-electron chi connectivity index (χ2n) is 19.3. The lowest BCUT2D eigenvalue weighted by molar-refractivity contribution is -0.149. The third kappa shape index (κ3) is 31.8. The van der Waals surface area contributed by atoms with Gasteiger partial charge < -0.3 is 30.5 Å². The van der Waals surface area contributed by atoms with Crippen LogP contribution in [0.25, 0.3) is 0 Å². The van der Waals surface area contributed by atoms with Crippen LogP contribution in [0.2, 0.25) is 0 Å². The van der Waals surface area contributed by atoms with E-state index in [0.717, 1.165) is 68.9 Å². The Labute approximate surface area is 410 Å². The van der Waals surface area contributed by atoms with Crippen molar-refractivity contribution in [3.8, 4) is 0 Å². The summed E-state index contributed by atoms with van der Waals surface area (Å²) in [5, 5.41) is 17.9. The molecule has 0 radical (unpaired) electrons. The summed E-state index contributed by atoms with van der Waals surface area (Å²) in [5.41, 5.74) is 0. The lowest BCUT2D eigenvalue weighted by atomic mass is 10.0. The molecule has 2 fully saturated rings. The average molecular weight is 969 g/mol. The number of hydrogen-bond acceptors (Lipinski definition) is 9. The third-order valence-corrected chi connectivity index (χ3v) is 16.1. The molecule has 66 heavy (non-hydrogen) atoms. The molecule has 11 nitrogen and oxygen atoms in total. The smallest absolute Gasteiger partial charge is 0.327 e. The highest BCUT2D eigenvalue weighted by Gasteiger charge is 2.42. The van der Waals surface area contributed by atoms with Crippen molar-refractivity contribution in [2.75, 3.05) is 24.7 Å². The number of ether oxygens (including phenoxy) is 2. The molecule has 0 aromatic rings. The Hall–Kier alpha value is -2.15. The van der Waals surface area contributed by atoms with Crippen LogP contribution in [0, 0.1) is 0 Å². The van der Waals surface area contributed by atoms with Crippen LogP contribution < -0.4 is 16.0 Å². The molecule has 0 aromatic heterocycles. The Morgan fingerprint density at radius 2 is 1.06 bits per heavy atom. The van der Waals surface area contributed by atoms with Gasteiger partial charge >= 0.3 is 23.9 Å². The molecule has 2 saturated heterocycles. The van der Waals surface area contributed by atoms with Gasteiger partial charge in [0.15, 0.2) is 0 Å². The number of rotatable bonds is 47. The summed E-state index contributed by atoms with van der Waals surface area (Å²) in [6.45, 7) is 5.08. The first-order valence-corrected chi connectivity index (χ1v) is 29.5. The summed E-state index contributed by atoms with van der Waals surface area (Å²) in [6.07, 6.45) is 42.5. The van der Waals surface area contributed by atoms with Gasteiger partial charge in [0.25, 0.3) is 0 Å². The maximum Gasteiger partial charge on any atom is 0.327 e. The standard InChI is InChI=1S/C53H97N3O8S2/c1-3-5-7-9-11-13-15-17-19-21-23-25-27-29-31-35-39-63-49(58)41-47(52(61)64-40-36-32-30-28-26-24-22-20-18-16-14-12-10-8-6-4-2)66-43-45(51(59)60)54-48(57)38-34-33-37-46-50-44(42-65-46)55-53(62)56-50/h44-47,50H,3-43H2,1-2H3,(H,54,57)(H,59,60)(H2,55,56,62)/t44-,45-,46-,47?,50-/m0/s1. The van der Waals surface area contributed by atoms with Crippen molar-refractivity contribution in [3.63, 3.8) is 0 Å². The minimum Gasteiger partial charge on any atom is -0.480 e. The number of carbonyl (C=O) groups is 5. The van der Waals surface area contributed by atoms with Crippen molar-refractivity contribution in [2.24, 2.45) is 0 Å². The number of unbranched alkanes of at least 4 members (excludes halogenated alkanes) is 31. The predicted molar refractivity (Wildman–Crippen MR) is 275 cm³/mol. The van der Waals surface area contributed by atoms with Crippen molar-refractivity contribution in [2.45, 2.75) is 280 Å². The molecule has 2 heterocycles. The topological polar surface area (TPSA) is 160 Å². The predicted octanol–water partition coefficient (Wildman–Crippen LogP) is 13.4. The Morgan fingerprint density at radius 3 is 1.52 bits per heavy atom. The minimum absolute atomic E-state index is 0.0826. The molecule has 0 aromatic carbocycles. The first-order chi connectivity index (χ1) is 32.2. The van der Waals surface area contributed by atoms with Crippen LogP contribution in [-0.2, 0) is 28.7 Å². The molecule has 0 bridgehead atoms. The number of hydrogen-bond donors (Lipinski definition) is 4. The van der Waals surface area contributed by atoms with Gasteiger partial charge in [-0.15, -0.1) is 11.8 Å². The van der Waals surface area contributed by atoms with Gasteiger partial charge in [-0.1, -0.05) is 213 Å². The number of amides is 3. The van der Waals surface area contributed by atoms with Gasteiger partial charge in [-0.2, -0.15) is 11.8 Å². The summed E-state index contributed by atoms with van der Waals surface area (Å²) in [7, 11) is 0. The molecule has 4 N–H and O–H groups in total. The second-order valence-corrected chi connectivity index (χ2v) is 21.9. The van der Waals surface area contributed by atoms with Gasteiger partial charge in [-0.3, -0.25) is 14.4 Å². The quantitative estimate of drug-likeness (QED) is 0.0263. The molecule has 3 amide bonds. The molecule has 2 rings (SSSR count). The van der Waals surface area contributed by atoms with E-state index in [0.29, 0.717) is 18.3 Å². The van der Waals surface area contributed by atoms with Crippen LogP contribution >= 0.6 is 23.5 Å². The van der Waals surface area contributed by atoms with E-state index < -0.39 is 29.2 Å². The number of nitrogens with one attached hydrogen (secondary N) is 3. The number of carbonyl (C=O) groups excluding carboxylic acids is 4. The van der Waals surface area contributed by atoms with Crippen molar-refractivity contribution >= 4 is 53.4 Å². The Bertz CT molecular complexity index is 1260. The van der Waals surface area contributed by atoms with E-state index in [9.17, 15) is 29.1 Å². The summed E-state index contributed by atoms with van der Waals surface area (Å²) >= 11 is 2.86. The zero-order valence-corrected chi connectivity index (χ0v) is 43.6. The molecule has 384 valence electrons. The number of thioether (sulfide) groups is 2. The fraction of sp³-hybridized carbons (Fsp3) is 0.906. The van der Waals surface area contributed by atoms with Crippen LogP contribution in [0.5, 0.6) is 0 Å². The molecule has 13 heteroatoms. The number of carboxylic acid groups (broad SMARTS) is 1. The maximum absolute atomic E-state index is 13.3. The van der Waals surface area contributed by atoms with Gasteiger partial charge in [-0.25, -0.2) is 9.59 Å². The molecule has 2 aliphatic heterocycles. The van der Waals surface area contributed by atoms with E-state index in [-0.39, 0.29) is 49.2 Å². The van der Waals surface area contributed by atoms with Gasteiger partial charge in [0.05, 0.1) is 31.7 Å². The fourth-order valence-electron chi connectivity index (χ4n) is 9.10. The van der Waals surface area contributed by atoms with Crippen molar-refractivity contribution in [3.05, 3.63) is 0 Å². The normalized spacial score (nSPS) is 17.5. The van der Waals surface area contributed by atoms with E-state index in [1.54, 1.807) is 0 Å². The van der Waals surface area contributed by atoms with Crippen molar-refractivity contribution in [1.82, 2.24) is 16.0 Å². The van der Waals surface area contributed by atoms with Crippen LogP contribution in [0.1, 0.15) is 251 Å². The minimum atomic E-state index is -1.22. The molecule has 2 aliphatic rings. The molecular weight excluding hydrogens is 871 g/mol. The zero-order valence-electron chi connectivity index (χ0n) is 42.0. The first kappa shape index (κ1) is 60.0. The summed E-state index contributed by atoms with van der Waals surface area (Å²) in [4.78, 5) is 63.1. The number of aliphatic carboxylic acids is 1. The zero-order chi connectivity index (χ0) is 47.7. The fourth-order valence-corrected chi connectivity index (χ4v) is 11.8. The molecule has 0 saturated carbocycles. The lowest BCUT2D eigenvalue weighted by Crippen LogP contribution is -2.43. The summed E-state index contributed by atoms with van der Waals surface area (Å²) in [6, 6.07) is -1.09. The van der Waals surface area contributed by atoms with Crippen molar-refractivity contribution in [1.29, 1.82) is 0 Å². The van der Waals surface area contributed by atoms with Crippen LogP contribution in [-0.4, -0.2) is 88.3 Å². The third-order valence-electron chi connectivity index (χ3n) is 13.3. The largest absolute Gasteiger partial charge is 0.480 e. The second kappa shape index (κ2) is 41.8. The van der Waals surface area contributed by atoms with E-state index in [2.05, 4.69) is 29.8 Å². The summed E-state index contributed by atoms with van der Waals surface area (Å²) in [5.74, 6) is -1.81. The SMILES string of the molecule is CCCCCCCCCCCCCCCCCCOC(=O)CC(SC[C@H](NC(=O)CCCC[C@@H]1SC[C@@H]2NC(=O)N[C@@H]21)C(=O)O)C(=O)OCCCCCCCCCCCCCCCCCC. The van der Waals surface area contributed by atoms with E-state index in [1.165, 1.54) is 167 Å². The van der Waals surface area contributed by atoms with E-state index in [1.807, 2.05) is 11.8 Å². The molecule has 5 atom stereocenters. The molecule has 0 aliphatic carbocycles. The highest BCUT2D eigenvalue weighted by atomic mass is 32.2. The Morgan fingerprint density at radius 1 is 0.621 bits per heavy atom. The highest BCUT2D eigenvalue weighted by molar-refractivity contribution is 8.00. The Kier molecular flexibility index (Phi) is 38.0. The Balaban J connectivity index is 1.67. The monoisotopic (exact) mass is 968 g/mol. The van der Waals surface area contributed by atoms with Gasteiger partial charge in [-0.05, 0) is 25.7 Å². The lowest BCUT2D eigenvalue weighted by Gasteiger charge is -2.19. The number of esters is 2. The molecular formula is C53H97N3O8S2.